The van der Waals surface area contributed by atoms with Crippen molar-refractivity contribution >= 4 is 28.5 Å². The number of aromatic nitrogens is 2. The number of imidazole rings is 1. The van der Waals surface area contributed by atoms with Gasteiger partial charge in [0.05, 0.1) is 24.0 Å². The highest BCUT2D eigenvalue weighted by atomic mass is 35.5. The van der Waals surface area contributed by atoms with Crippen molar-refractivity contribution in [2.24, 2.45) is 0 Å². The molecule has 0 aliphatic carbocycles. The molecule has 0 radical (unpaired) electrons. The van der Waals surface area contributed by atoms with Crippen molar-refractivity contribution in [2.75, 3.05) is 13.2 Å². The van der Waals surface area contributed by atoms with E-state index in [2.05, 4.69) is 35.0 Å². The number of hydrogen-bond acceptors (Lipinski definition) is 3. The fraction of sp³-hybridized carbons (Fsp3) is 0.286. The fourth-order valence-electron chi connectivity index (χ4n) is 3.99. The van der Waals surface area contributed by atoms with E-state index in [1.807, 2.05) is 48.5 Å². The number of amides is 1. The molecule has 3 aromatic carbocycles. The number of halogens is 1. The van der Waals surface area contributed by atoms with Crippen LogP contribution in [0.25, 0.3) is 11.0 Å². The van der Waals surface area contributed by atoms with Crippen molar-refractivity contribution in [3.8, 4) is 5.75 Å². The van der Waals surface area contributed by atoms with Gasteiger partial charge in [0.2, 0.25) is 5.91 Å². The van der Waals surface area contributed by atoms with Crippen molar-refractivity contribution in [1.29, 1.82) is 0 Å². The summed E-state index contributed by atoms with van der Waals surface area (Å²) in [4.78, 5) is 17.1. The van der Waals surface area contributed by atoms with Crippen molar-refractivity contribution in [3.63, 3.8) is 0 Å². The molecule has 1 aromatic heterocycles. The molecule has 0 saturated carbocycles. The normalized spacial score (nSPS) is 11.0. The van der Waals surface area contributed by atoms with Crippen molar-refractivity contribution in [3.05, 3.63) is 94.8 Å². The Morgan fingerprint density at radius 2 is 1.79 bits per heavy atom. The summed E-state index contributed by atoms with van der Waals surface area (Å²) in [7, 11) is 0. The second-order valence-electron chi connectivity index (χ2n) is 8.24. The Hall–Kier alpha value is -3.31. The largest absolute Gasteiger partial charge is 0.492 e. The first-order valence-corrected chi connectivity index (χ1v) is 12.2. The maximum atomic E-state index is 12.3. The van der Waals surface area contributed by atoms with Crippen LogP contribution in [-0.4, -0.2) is 28.6 Å². The molecule has 0 spiro atoms. The second kappa shape index (κ2) is 11.7. The van der Waals surface area contributed by atoms with Gasteiger partial charge in [-0.1, -0.05) is 61.0 Å². The summed E-state index contributed by atoms with van der Waals surface area (Å²) in [5, 5.41) is 3.62. The molecule has 6 heteroatoms. The lowest BCUT2D eigenvalue weighted by molar-refractivity contribution is -0.120. The number of nitrogens with one attached hydrogen (secondary N) is 1. The van der Waals surface area contributed by atoms with Crippen LogP contribution in [0.4, 0.5) is 0 Å². The Balaban J connectivity index is 1.32. The number of ether oxygens (including phenoxy) is 1. The average Bonchev–Trinajstić information content (AvgIpc) is 3.21. The van der Waals surface area contributed by atoms with E-state index in [9.17, 15) is 4.79 Å². The molecule has 34 heavy (non-hydrogen) atoms. The van der Waals surface area contributed by atoms with Crippen LogP contribution < -0.4 is 10.1 Å². The van der Waals surface area contributed by atoms with Gasteiger partial charge in [0.1, 0.15) is 18.2 Å². The molecule has 5 nitrogen and oxygen atoms in total. The van der Waals surface area contributed by atoms with Crippen LogP contribution in [0.1, 0.15) is 30.3 Å². The third kappa shape index (κ3) is 6.17. The van der Waals surface area contributed by atoms with Crippen LogP contribution in [0.5, 0.6) is 5.75 Å². The summed E-state index contributed by atoms with van der Waals surface area (Å²) in [6, 6.07) is 23.9. The van der Waals surface area contributed by atoms with Crippen molar-refractivity contribution < 1.29 is 9.53 Å². The third-order valence-corrected chi connectivity index (χ3v) is 6.23. The van der Waals surface area contributed by atoms with Gasteiger partial charge in [-0.2, -0.15) is 0 Å². The predicted octanol–water partition coefficient (Wildman–Crippen LogP) is 5.62. The van der Waals surface area contributed by atoms with Gasteiger partial charge in [-0.05, 0) is 54.3 Å². The van der Waals surface area contributed by atoms with Crippen molar-refractivity contribution in [1.82, 2.24) is 14.9 Å². The first-order valence-electron chi connectivity index (χ1n) is 11.8. The van der Waals surface area contributed by atoms with Gasteiger partial charge in [0.15, 0.2) is 0 Å². The van der Waals surface area contributed by atoms with E-state index in [4.69, 9.17) is 21.3 Å². The van der Waals surface area contributed by atoms with E-state index < -0.39 is 0 Å². The van der Waals surface area contributed by atoms with Crippen LogP contribution in [0.2, 0.25) is 5.02 Å². The molecule has 1 heterocycles. The molecule has 4 rings (SSSR count). The molecule has 0 aliphatic rings. The van der Waals surface area contributed by atoms with Gasteiger partial charge in [-0.3, -0.25) is 4.79 Å². The van der Waals surface area contributed by atoms with Crippen LogP contribution in [0.15, 0.2) is 72.8 Å². The summed E-state index contributed by atoms with van der Waals surface area (Å²) in [5.41, 5.74) is 4.22. The van der Waals surface area contributed by atoms with E-state index >= 15 is 0 Å². The van der Waals surface area contributed by atoms with Crippen molar-refractivity contribution in [2.45, 2.75) is 39.2 Å². The van der Waals surface area contributed by atoms with Crippen LogP contribution in [0, 0.1) is 0 Å². The SMILES string of the molecule is CCc1ccc(OCCn2c(CCCNC(=O)Cc3ccccc3Cl)nc3ccccc32)cc1. The highest BCUT2D eigenvalue weighted by molar-refractivity contribution is 6.31. The zero-order chi connectivity index (χ0) is 23.8. The number of nitrogens with zero attached hydrogens (tertiary/aromatic N) is 2. The molecule has 0 saturated heterocycles. The van der Waals surface area contributed by atoms with Gasteiger partial charge in [-0.25, -0.2) is 4.98 Å². The lowest BCUT2D eigenvalue weighted by atomic mass is 10.1. The molecular formula is C28H30ClN3O2. The Labute approximate surface area is 205 Å². The Kier molecular flexibility index (Phi) is 8.21. The number of benzene rings is 3. The monoisotopic (exact) mass is 475 g/mol. The number of carbonyl (C=O) groups is 1. The van der Waals surface area contributed by atoms with E-state index in [0.29, 0.717) is 24.7 Å². The summed E-state index contributed by atoms with van der Waals surface area (Å²) in [6.07, 6.45) is 2.88. The summed E-state index contributed by atoms with van der Waals surface area (Å²) < 4.78 is 8.21. The van der Waals surface area contributed by atoms with E-state index in [-0.39, 0.29) is 12.3 Å². The molecule has 0 fully saturated rings. The predicted molar refractivity (Wildman–Crippen MR) is 138 cm³/mol. The number of fused-ring (bicyclic) bond motifs is 1. The van der Waals surface area contributed by atoms with Gasteiger partial charge in [0, 0.05) is 18.0 Å². The number of aryl methyl sites for hydroxylation is 2. The lowest BCUT2D eigenvalue weighted by Gasteiger charge is -2.12. The summed E-state index contributed by atoms with van der Waals surface area (Å²) in [6.45, 7) is 4.01. The standard InChI is InChI=1S/C28H30ClN3O2/c1-2-21-13-15-23(16-14-21)34-19-18-32-26-11-6-5-10-25(26)31-27(32)12-7-17-30-28(33)20-22-8-3-4-9-24(22)29/h3-6,8-11,13-16H,2,7,12,17-20H2,1H3,(H,30,33). The molecular weight excluding hydrogens is 446 g/mol. The van der Waals surface area contributed by atoms with Gasteiger partial charge in [0.25, 0.3) is 0 Å². The average molecular weight is 476 g/mol. The smallest absolute Gasteiger partial charge is 0.224 e. The molecule has 0 unspecified atom stereocenters. The molecule has 0 atom stereocenters. The number of para-hydroxylation sites is 2. The van der Waals surface area contributed by atoms with E-state index in [1.54, 1.807) is 6.07 Å². The van der Waals surface area contributed by atoms with Gasteiger partial charge in [-0.15, -0.1) is 0 Å². The Morgan fingerprint density at radius 3 is 2.59 bits per heavy atom. The molecule has 0 aliphatic heterocycles. The summed E-state index contributed by atoms with van der Waals surface area (Å²) in [5.74, 6) is 1.86. The number of hydrogen-bond donors (Lipinski definition) is 1. The lowest BCUT2D eigenvalue weighted by Crippen LogP contribution is -2.26. The topological polar surface area (TPSA) is 56.1 Å². The fourth-order valence-corrected chi connectivity index (χ4v) is 4.20. The zero-order valence-corrected chi connectivity index (χ0v) is 20.2. The minimum Gasteiger partial charge on any atom is -0.492 e. The van der Waals surface area contributed by atoms with Crippen LogP contribution in [0.3, 0.4) is 0 Å². The van der Waals surface area contributed by atoms with Gasteiger partial charge >= 0.3 is 0 Å². The third-order valence-electron chi connectivity index (χ3n) is 5.86. The Morgan fingerprint density at radius 1 is 1.03 bits per heavy atom. The van der Waals surface area contributed by atoms with Gasteiger partial charge < -0.3 is 14.6 Å². The van der Waals surface area contributed by atoms with Crippen LogP contribution >= 0.6 is 11.6 Å². The molecule has 1 amide bonds. The molecule has 0 bridgehead atoms. The van der Waals surface area contributed by atoms with E-state index in [1.165, 1.54) is 5.56 Å². The molecule has 4 aromatic rings. The van der Waals surface area contributed by atoms with Crippen LogP contribution in [-0.2, 0) is 30.6 Å². The number of rotatable bonds is 11. The molecule has 176 valence electrons. The highest BCUT2D eigenvalue weighted by Crippen LogP contribution is 2.19. The highest BCUT2D eigenvalue weighted by Gasteiger charge is 2.11. The quantitative estimate of drug-likeness (QED) is 0.286. The number of carbonyl (C=O) groups excluding carboxylic acids is 1. The Bertz CT molecular complexity index is 1230. The second-order valence-corrected chi connectivity index (χ2v) is 8.64. The first-order chi connectivity index (χ1) is 16.6. The first kappa shape index (κ1) is 23.8. The summed E-state index contributed by atoms with van der Waals surface area (Å²) >= 11 is 6.16. The van der Waals surface area contributed by atoms with E-state index in [0.717, 1.165) is 47.4 Å². The maximum absolute atomic E-state index is 12.3. The molecule has 1 N–H and O–H groups in total. The zero-order valence-electron chi connectivity index (χ0n) is 19.5. The minimum absolute atomic E-state index is 0.0240. The minimum atomic E-state index is -0.0240. The maximum Gasteiger partial charge on any atom is 0.224 e.